The van der Waals surface area contributed by atoms with Crippen molar-refractivity contribution in [3.63, 3.8) is 0 Å². The average Bonchev–Trinajstić information content (AvgIpc) is 2.20. The van der Waals surface area contributed by atoms with Crippen LogP contribution in [0.5, 0.6) is 0 Å². The monoisotopic (exact) mass is 358 g/mol. The highest BCUT2D eigenvalue weighted by molar-refractivity contribution is 6.61. The fraction of sp³-hybridized carbons (Fsp3) is 0.857. The van der Waals surface area contributed by atoms with Crippen molar-refractivity contribution in [2.24, 2.45) is 0 Å². The SMILES string of the molecule is CC(CC(C)(C)OC(=O)Cl)OOC(C)CC(C)(C)OC(=O)Cl. The second kappa shape index (κ2) is 8.91. The predicted octanol–water partition coefficient (Wildman–Crippen LogP) is 4.80. The Labute approximate surface area is 141 Å². The number of carbonyl (C=O) groups is 2. The molecule has 0 radical (unpaired) electrons. The normalized spacial score (nSPS) is 15.1. The van der Waals surface area contributed by atoms with Gasteiger partial charge in [0.25, 0.3) is 0 Å². The van der Waals surface area contributed by atoms with Crippen LogP contribution in [0, 0.1) is 0 Å². The summed E-state index contributed by atoms with van der Waals surface area (Å²) in [4.78, 5) is 32.1. The van der Waals surface area contributed by atoms with E-state index in [1.54, 1.807) is 41.5 Å². The second-order valence-electron chi connectivity index (χ2n) is 6.42. The van der Waals surface area contributed by atoms with Crippen LogP contribution in [0.2, 0.25) is 0 Å². The number of ether oxygens (including phenoxy) is 2. The summed E-state index contributed by atoms with van der Waals surface area (Å²) in [6.07, 6.45) is 0.149. The summed E-state index contributed by atoms with van der Waals surface area (Å²) in [5.41, 5.74) is -3.26. The van der Waals surface area contributed by atoms with E-state index >= 15 is 0 Å². The molecule has 0 aromatic heterocycles. The Balaban J connectivity index is 4.21. The third kappa shape index (κ3) is 11.1. The van der Waals surface area contributed by atoms with E-state index in [0.29, 0.717) is 12.8 Å². The first kappa shape index (κ1) is 21.4. The zero-order chi connectivity index (χ0) is 17.6. The lowest BCUT2D eigenvalue weighted by atomic mass is 10.0. The molecule has 0 saturated heterocycles. The molecule has 2 unspecified atom stereocenters. The van der Waals surface area contributed by atoms with Gasteiger partial charge in [0.15, 0.2) is 0 Å². The molecule has 0 rings (SSSR count). The van der Waals surface area contributed by atoms with Gasteiger partial charge < -0.3 is 9.47 Å². The number of rotatable bonds is 9. The molecule has 0 heterocycles. The van der Waals surface area contributed by atoms with Gasteiger partial charge in [-0.3, -0.25) is 0 Å². The van der Waals surface area contributed by atoms with E-state index in [4.69, 9.17) is 42.5 Å². The van der Waals surface area contributed by atoms with E-state index in [2.05, 4.69) is 0 Å². The smallest absolute Gasteiger partial charge is 0.404 e. The van der Waals surface area contributed by atoms with E-state index in [1.807, 2.05) is 0 Å². The Bertz CT molecular complexity index is 348. The first-order valence-corrected chi connectivity index (χ1v) is 7.68. The molecular weight excluding hydrogens is 335 g/mol. The van der Waals surface area contributed by atoms with E-state index in [1.165, 1.54) is 0 Å². The molecule has 0 aromatic carbocycles. The molecule has 22 heavy (non-hydrogen) atoms. The summed E-state index contributed by atoms with van der Waals surface area (Å²) in [5, 5.41) is 0. The Morgan fingerprint density at radius 2 is 1.09 bits per heavy atom. The van der Waals surface area contributed by atoms with Crippen LogP contribution in [-0.2, 0) is 19.2 Å². The topological polar surface area (TPSA) is 71.1 Å². The maximum Gasteiger partial charge on any atom is 0.404 e. The standard InChI is InChI=1S/C14H24Cl2O6/c1-9(7-13(3,4)19-11(15)17)21-22-10(2)8-14(5,6)20-12(16)18/h9-10H,7-8H2,1-6H3. The number of hydrogen-bond donors (Lipinski definition) is 0. The lowest BCUT2D eigenvalue weighted by Crippen LogP contribution is -2.33. The van der Waals surface area contributed by atoms with Crippen LogP contribution in [0.1, 0.15) is 54.4 Å². The minimum Gasteiger partial charge on any atom is -0.448 e. The lowest BCUT2D eigenvalue weighted by Gasteiger charge is -2.29. The molecule has 0 N–H and O–H groups in total. The number of halogens is 2. The summed E-state index contributed by atoms with van der Waals surface area (Å²) in [7, 11) is 0. The van der Waals surface area contributed by atoms with Crippen molar-refractivity contribution in [1.82, 2.24) is 0 Å². The van der Waals surface area contributed by atoms with Crippen LogP contribution in [0.15, 0.2) is 0 Å². The van der Waals surface area contributed by atoms with Gasteiger partial charge in [0.2, 0.25) is 0 Å². The molecule has 0 aliphatic rings. The Kier molecular flexibility index (Phi) is 8.69. The summed E-state index contributed by atoms with van der Waals surface area (Å²) in [5.74, 6) is 0. The Morgan fingerprint density at radius 1 is 0.818 bits per heavy atom. The zero-order valence-electron chi connectivity index (χ0n) is 13.8. The molecule has 0 saturated carbocycles. The van der Waals surface area contributed by atoms with Crippen molar-refractivity contribution >= 4 is 34.1 Å². The fourth-order valence-electron chi connectivity index (χ4n) is 2.16. The van der Waals surface area contributed by atoms with Gasteiger partial charge in [0.05, 0.1) is 12.2 Å². The first-order valence-electron chi connectivity index (χ1n) is 6.92. The molecule has 0 aliphatic carbocycles. The van der Waals surface area contributed by atoms with Gasteiger partial charge in [-0.15, -0.1) is 0 Å². The van der Waals surface area contributed by atoms with Crippen LogP contribution in [0.4, 0.5) is 9.59 Å². The summed E-state index contributed by atoms with van der Waals surface area (Å²) in [6, 6.07) is 0. The van der Waals surface area contributed by atoms with Gasteiger partial charge in [-0.2, -0.15) is 0 Å². The molecular formula is C14H24Cl2O6. The molecule has 0 spiro atoms. The molecule has 8 heteroatoms. The van der Waals surface area contributed by atoms with Crippen molar-refractivity contribution in [2.45, 2.75) is 77.8 Å². The van der Waals surface area contributed by atoms with Crippen molar-refractivity contribution in [3.8, 4) is 0 Å². The highest BCUT2D eigenvalue weighted by Crippen LogP contribution is 2.23. The molecule has 0 amide bonds. The highest BCUT2D eigenvalue weighted by Gasteiger charge is 2.28. The number of carbonyl (C=O) groups excluding carboxylic acids is 2. The third-order valence-corrected chi connectivity index (χ3v) is 2.81. The number of hydrogen-bond acceptors (Lipinski definition) is 6. The Hall–Kier alpha value is -0.560. The largest absolute Gasteiger partial charge is 0.448 e. The summed E-state index contributed by atoms with van der Waals surface area (Å²) in [6.45, 7) is 10.4. The summed E-state index contributed by atoms with van der Waals surface area (Å²) >= 11 is 10.4. The van der Waals surface area contributed by atoms with Crippen LogP contribution in [0.25, 0.3) is 0 Å². The average molecular weight is 359 g/mol. The minimum atomic E-state index is -0.865. The van der Waals surface area contributed by atoms with Gasteiger partial charge in [-0.05, 0) is 41.5 Å². The minimum absolute atomic E-state index is 0.327. The Morgan fingerprint density at radius 3 is 1.32 bits per heavy atom. The van der Waals surface area contributed by atoms with Crippen LogP contribution in [0.3, 0.4) is 0 Å². The molecule has 0 aromatic rings. The molecule has 0 bridgehead atoms. The predicted molar refractivity (Wildman–Crippen MR) is 83.2 cm³/mol. The van der Waals surface area contributed by atoms with E-state index in [-0.39, 0.29) is 12.2 Å². The van der Waals surface area contributed by atoms with Crippen LogP contribution >= 0.6 is 23.2 Å². The van der Waals surface area contributed by atoms with Gasteiger partial charge >= 0.3 is 10.9 Å². The van der Waals surface area contributed by atoms with Crippen LogP contribution in [-0.4, -0.2) is 34.3 Å². The van der Waals surface area contributed by atoms with Gasteiger partial charge in [-0.25, -0.2) is 19.4 Å². The quantitative estimate of drug-likeness (QED) is 0.335. The van der Waals surface area contributed by atoms with E-state index < -0.39 is 22.1 Å². The molecule has 0 fully saturated rings. The molecule has 2 atom stereocenters. The van der Waals surface area contributed by atoms with Crippen LogP contribution < -0.4 is 0 Å². The fourth-order valence-corrected chi connectivity index (χ4v) is 2.58. The molecule has 6 nitrogen and oxygen atoms in total. The molecule has 0 aliphatic heterocycles. The third-order valence-electron chi connectivity index (χ3n) is 2.66. The van der Waals surface area contributed by atoms with Gasteiger partial charge in [0.1, 0.15) is 11.2 Å². The van der Waals surface area contributed by atoms with Gasteiger partial charge in [0, 0.05) is 36.0 Å². The highest BCUT2D eigenvalue weighted by atomic mass is 35.5. The van der Waals surface area contributed by atoms with E-state index in [0.717, 1.165) is 0 Å². The zero-order valence-corrected chi connectivity index (χ0v) is 15.3. The van der Waals surface area contributed by atoms with Crippen molar-refractivity contribution < 1.29 is 28.8 Å². The van der Waals surface area contributed by atoms with Crippen molar-refractivity contribution in [1.29, 1.82) is 0 Å². The second-order valence-corrected chi connectivity index (χ2v) is 7.04. The maximum absolute atomic E-state index is 10.8. The van der Waals surface area contributed by atoms with Crippen molar-refractivity contribution in [2.75, 3.05) is 0 Å². The summed E-state index contributed by atoms with van der Waals surface area (Å²) < 4.78 is 9.92. The molecule has 130 valence electrons. The first-order chi connectivity index (χ1) is 9.83. The van der Waals surface area contributed by atoms with Crippen molar-refractivity contribution in [3.05, 3.63) is 0 Å². The van der Waals surface area contributed by atoms with E-state index in [9.17, 15) is 9.59 Å². The maximum atomic E-state index is 10.8. The lowest BCUT2D eigenvalue weighted by molar-refractivity contribution is -0.352. The van der Waals surface area contributed by atoms with Gasteiger partial charge in [-0.1, -0.05) is 0 Å².